The Bertz CT molecular complexity index is 233. The minimum atomic E-state index is -0.592. The van der Waals surface area contributed by atoms with Gasteiger partial charge >= 0.3 is 12.1 Å². The Labute approximate surface area is 101 Å². The van der Waals surface area contributed by atoms with Crippen molar-refractivity contribution < 1.29 is 28.5 Å². The number of hydrogen-bond acceptors (Lipinski definition) is 6. The van der Waals surface area contributed by atoms with Crippen molar-refractivity contribution in [2.24, 2.45) is 0 Å². The highest BCUT2D eigenvalue weighted by Gasteiger charge is 2.14. The second-order valence-electron chi connectivity index (χ2n) is 3.18. The van der Waals surface area contributed by atoms with Gasteiger partial charge in [0.05, 0.1) is 13.2 Å². The number of nitrogens with zero attached hydrogens (tertiary/aromatic N) is 1. The first kappa shape index (κ1) is 15.7. The number of esters is 1. The van der Waals surface area contributed by atoms with E-state index in [1.165, 1.54) is 21.3 Å². The second kappa shape index (κ2) is 9.86. The molecule has 0 N–H and O–H groups in total. The highest BCUT2D eigenvalue weighted by molar-refractivity contribution is 5.77. The summed E-state index contributed by atoms with van der Waals surface area (Å²) in [5, 5.41) is 0. The summed E-state index contributed by atoms with van der Waals surface area (Å²) in [5.41, 5.74) is 0. The topological polar surface area (TPSA) is 74.3 Å². The lowest BCUT2D eigenvalue weighted by Crippen LogP contribution is -2.34. The molecule has 0 rings (SSSR count). The van der Waals surface area contributed by atoms with E-state index in [1.54, 1.807) is 0 Å². The fourth-order valence-electron chi connectivity index (χ4n) is 0.865. The fourth-order valence-corrected chi connectivity index (χ4v) is 0.865. The van der Waals surface area contributed by atoms with Crippen LogP contribution < -0.4 is 0 Å². The molecule has 0 heterocycles. The number of ether oxygens (including phenoxy) is 4. The molecule has 0 spiro atoms. The zero-order valence-electron chi connectivity index (χ0n) is 10.4. The Morgan fingerprint density at radius 1 is 0.941 bits per heavy atom. The van der Waals surface area contributed by atoms with Gasteiger partial charge in [-0.1, -0.05) is 0 Å². The van der Waals surface area contributed by atoms with Gasteiger partial charge < -0.3 is 23.8 Å². The van der Waals surface area contributed by atoms with Crippen LogP contribution in [0.3, 0.4) is 0 Å². The molecule has 0 saturated carbocycles. The molecule has 0 saturated heterocycles. The van der Waals surface area contributed by atoms with E-state index in [0.29, 0.717) is 13.2 Å². The van der Waals surface area contributed by atoms with Gasteiger partial charge in [-0.15, -0.1) is 0 Å². The van der Waals surface area contributed by atoms with Crippen molar-refractivity contribution in [3.63, 3.8) is 0 Å². The van der Waals surface area contributed by atoms with Crippen molar-refractivity contribution in [2.45, 2.75) is 0 Å². The first-order valence-electron chi connectivity index (χ1n) is 5.13. The van der Waals surface area contributed by atoms with Gasteiger partial charge in [0.15, 0.2) is 0 Å². The molecule has 0 fully saturated rings. The summed E-state index contributed by atoms with van der Waals surface area (Å²) in [5.74, 6) is -0.506. The number of carbonyl (C=O) groups excluding carboxylic acids is 2. The van der Waals surface area contributed by atoms with E-state index >= 15 is 0 Å². The van der Waals surface area contributed by atoms with Crippen LogP contribution in [0.2, 0.25) is 0 Å². The van der Waals surface area contributed by atoms with Crippen molar-refractivity contribution in [1.82, 2.24) is 4.90 Å². The highest BCUT2D eigenvalue weighted by atomic mass is 16.6. The SMILES string of the molecule is COCCOC(=O)CN(C)C(=O)OCCOC. The normalized spacial score (nSPS) is 9.82. The maximum absolute atomic E-state index is 11.3. The summed E-state index contributed by atoms with van der Waals surface area (Å²) in [4.78, 5) is 23.6. The number of likely N-dealkylation sites (N-methyl/N-ethyl adjacent to an activating group) is 1. The molecule has 0 unspecified atom stereocenters. The smallest absolute Gasteiger partial charge is 0.410 e. The third kappa shape index (κ3) is 8.47. The first-order valence-corrected chi connectivity index (χ1v) is 5.13. The van der Waals surface area contributed by atoms with E-state index in [4.69, 9.17) is 18.9 Å². The molecule has 0 aromatic carbocycles. The third-order valence-corrected chi connectivity index (χ3v) is 1.74. The zero-order valence-corrected chi connectivity index (χ0v) is 10.4. The summed E-state index contributed by atoms with van der Waals surface area (Å²) in [6.07, 6.45) is -0.592. The standard InChI is InChI=1S/C10H19NO6/c1-11(10(13)17-7-5-15-3)8-9(12)16-6-4-14-2/h4-8H2,1-3H3. The molecule has 1 amide bonds. The molecule has 0 aromatic rings. The Kier molecular flexibility index (Phi) is 9.08. The van der Waals surface area contributed by atoms with E-state index in [0.717, 1.165) is 4.90 Å². The monoisotopic (exact) mass is 249 g/mol. The van der Waals surface area contributed by atoms with E-state index in [-0.39, 0.29) is 19.8 Å². The van der Waals surface area contributed by atoms with Gasteiger partial charge in [0.1, 0.15) is 19.8 Å². The predicted octanol–water partition coefficient (Wildman–Crippen LogP) is -0.109. The quantitative estimate of drug-likeness (QED) is 0.441. The molecular weight excluding hydrogens is 230 g/mol. The molecule has 17 heavy (non-hydrogen) atoms. The Hall–Kier alpha value is -1.34. The molecule has 0 aromatic heterocycles. The van der Waals surface area contributed by atoms with Crippen LogP contribution in [0, 0.1) is 0 Å². The second-order valence-corrected chi connectivity index (χ2v) is 3.18. The maximum Gasteiger partial charge on any atom is 0.410 e. The van der Waals surface area contributed by atoms with Crippen LogP contribution in [0.15, 0.2) is 0 Å². The van der Waals surface area contributed by atoms with Crippen molar-refractivity contribution in [3.8, 4) is 0 Å². The van der Waals surface area contributed by atoms with Gasteiger partial charge in [-0.2, -0.15) is 0 Å². The van der Waals surface area contributed by atoms with E-state index in [1.807, 2.05) is 0 Å². The van der Waals surface area contributed by atoms with Crippen LogP contribution in [0.4, 0.5) is 4.79 Å². The highest BCUT2D eigenvalue weighted by Crippen LogP contribution is 1.92. The third-order valence-electron chi connectivity index (χ3n) is 1.74. The molecular formula is C10H19NO6. The molecule has 0 aliphatic carbocycles. The lowest BCUT2D eigenvalue weighted by molar-refractivity contribution is -0.145. The molecule has 7 nitrogen and oxygen atoms in total. The van der Waals surface area contributed by atoms with Crippen LogP contribution in [0.25, 0.3) is 0 Å². The van der Waals surface area contributed by atoms with Crippen molar-refractivity contribution in [1.29, 1.82) is 0 Å². The average molecular weight is 249 g/mol. The molecule has 0 atom stereocenters. The Morgan fingerprint density at radius 3 is 2.00 bits per heavy atom. The van der Waals surface area contributed by atoms with Crippen molar-refractivity contribution >= 4 is 12.1 Å². The Balaban J connectivity index is 3.71. The fraction of sp³-hybridized carbons (Fsp3) is 0.800. The van der Waals surface area contributed by atoms with E-state index in [9.17, 15) is 9.59 Å². The van der Waals surface area contributed by atoms with Gasteiger partial charge in [-0.3, -0.25) is 4.79 Å². The summed E-state index contributed by atoms with van der Waals surface area (Å²) in [6, 6.07) is 0. The molecule has 0 radical (unpaired) electrons. The van der Waals surface area contributed by atoms with Crippen molar-refractivity contribution in [3.05, 3.63) is 0 Å². The lowest BCUT2D eigenvalue weighted by Gasteiger charge is -2.15. The minimum absolute atomic E-state index is 0.151. The van der Waals surface area contributed by atoms with Crippen molar-refractivity contribution in [2.75, 3.05) is 54.2 Å². The largest absolute Gasteiger partial charge is 0.462 e. The zero-order chi connectivity index (χ0) is 13.1. The first-order chi connectivity index (χ1) is 8.11. The summed E-state index contributed by atoms with van der Waals surface area (Å²) in [7, 11) is 4.46. The summed E-state index contributed by atoms with van der Waals surface area (Å²) >= 11 is 0. The Morgan fingerprint density at radius 2 is 1.47 bits per heavy atom. The van der Waals surface area contributed by atoms with Gasteiger partial charge in [0, 0.05) is 21.3 Å². The van der Waals surface area contributed by atoms with Crippen LogP contribution in [-0.2, 0) is 23.7 Å². The van der Waals surface area contributed by atoms with Crippen LogP contribution in [0.5, 0.6) is 0 Å². The molecule has 7 heteroatoms. The lowest BCUT2D eigenvalue weighted by atomic mass is 10.6. The molecule has 100 valence electrons. The van der Waals surface area contributed by atoms with E-state index < -0.39 is 12.1 Å². The van der Waals surface area contributed by atoms with Gasteiger partial charge in [0.2, 0.25) is 0 Å². The van der Waals surface area contributed by atoms with Crippen LogP contribution >= 0.6 is 0 Å². The van der Waals surface area contributed by atoms with Crippen LogP contribution in [0.1, 0.15) is 0 Å². The number of rotatable bonds is 8. The minimum Gasteiger partial charge on any atom is -0.462 e. The number of carbonyl (C=O) groups is 2. The summed E-state index contributed by atoms with van der Waals surface area (Å²) in [6.45, 7) is 0.807. The van der Waals surface area contributed by atoms with E-state index in [2.05, 4.69) is 0 Å². The molecule has 0 aliphatic rings. The number of methoxy groups -OCH3 is 2. The molecule has 0 bridgehead atoms. The number of hydrogen-bond donors (Lipinski definition) is 0. The maximum atomic E-state index is 11.3. The molecule has 0 aliphatic heterocycles. The van der Waals surface area contributed by atoms with Gasteiger partial charge in [-0.25, -0.2) is 4.79 Å². The van der Waals surface area contributed by atoms with Gasteiger partial charge in [0.25, 0.3) is 0 Å². The predicted molar refractivity (Wildman–Crippen MR) is 58.7 cm³/mol. The summed E-state index contributed by atoms with van der Waals surface area (Å²) < 4.78 is 19.0. The number of amides is 1. The average Bonchev–Trinajstić information content (AvgIpc) is 2.29. The van der Waals surface area contributed by atoms with Crippen LogP contribution in [-0.4, -0.2) is 71.2 Å². The van der Waals surface area contributed by atoms with Gasteiger partial charge in [-0.05, 0) is 0 Å².